The van der Waals surface area contributed by atoms with Crippen LogP contribution in [0.1, 0.15) is 32.8 Å². The Bertz CT molecular complexity index is 550. The Labute approximate surface area is 113 Å². The van der Waals surface area contributed by atoms with Crippen molar-refractivity contribution in [2.75, 3.05) is 5.73 Å². The van der Waals surface area contributed by atoms with Crippen molar-refractivity contribution in [2.24, 2.45) is 0 Å². The van der Waals surface area contributed by atoms with Crippen molar-refractivity contribution in [1.82, 2.24) is 9.97 Å². The lowest BCUT2D eigenvalue weighted by Crippen LogP contribution is -2.14. The number of hydrogen-bond acceptors (Lipinski definition) is 4. The maximum absolute atomic E-state index is 5.58. The summed E-state index contributed by atoms with van der Waals surface area (Å²) in [5.41, 5.74) is 7.04. The third kappa shape index (κ3) is 3.22. The number of nitrogen functional groups attached to an aromatic ring is 1. The van der Waals surface area contributed by atoms with Crippen molar-refractivity contribution in [3.63, 3.8) is 0 Å². The Morgan fingerprint density at radius 2 is 1.84 bits per heavy atom. The van der Waals surface area contributed by atoms with Crippen LogP contribution < -0.4 is 10.5 Å². The lowest BCUT2D eigenvalue weighted by molar-refractivity contribution is 0.441. The zero-order valence-corrected chi connectivity index (χ0v) is 11.6. The SMILES string of the molecule is CCC(C)(C)c1ccc(Oc2nccc(N)n2)cc1. The standard InChI is InChI=1S/C15H19N3O/c1-4-15(2,3)11-5-7-12(8-6-11)19-14-17-10-9-13(16)18-14/h5-10H,4H2,1-3H3,(H2,16,17,18). The molecule has 0 saturated carbocycles. The second-order valence-electron chi connectivity index (χ2n) is 5.13. The van der Waals surface area contributed by atoms with Gasteiger partial charge in [0, 0.05) is 6.20 Å². The molecule has 0 aliphatic rings. The molecule has 1 aromatic heterocycles. The number of nitrogens with zero attached hydrogens (tertiary/aromatic N) is 2. The molecule has 0 saturated heterocycles. The molecule has 0 amide bonds. The molecular weight excluding hydrogens is 238 g/mol. The van der Waals surface area contributed by atoms with Gasteiger partial charge in [-0.1, -0.05) is 32.9 Å². The van der Waals surface area contributed by atoms with Crippen LogP contribution in [0.2, 0.25) is 0 Å². The lowest BCUT2D eigenvalue weighted by atomic mass is 9.82. The maximum atomic E-state index is 5.58. The third-order valence-corrected chi connectivity index (χ3v) is 3.38. The minimum Gasteiger partial charge on any atom is -0.424 e. The fourth-order valence-electron chi connectivity index (χ4n) is 1.69. The molecule has 19 heavy (non-hydrogen) atoms. The monoisotopic (exact) mass is 257 g/mol. The van der Waals surface area contributed by atoms with Gasteiger partial charge in [-0.3, -0.25) is 0 Å². The minimum atomic E-state index is 0.173. The molecule has 0 unspecified atom stereocenters. The summed E-state index contributed by atoms with van der Waals surface area (Å²) < 4.78 is 5.56. The van der Waals surface area contributed by atoms with Gasteiger partial charge in [0.2, 0.25) is 0 Å². The van der Waals surface area contributed by atoms with Crippen LogP contribution >= 0.6 is 0 Å². The average molecular weight is 257 g/mol. The summed E-state index contributed by atoms with van der Waals surface area (Å²) in [5, 5.41) is 0. The van der Waals surface area contributed by atoms with Crippen LogP contribution in [0.5, 0.6) is 11.8 Å². The van der Waals surface area contributed by atoms with E-state index in [0.717, 1.165) is 6.42 Å². The smallest absolute Gasteiger partial charge is 0.323 e. The number of rotatable bonds is 4. The van der Waals surface area contributed by atoms with Crippen molar-refractivity contribution in [3.05, 3.63) is 42.1 Å². The van der Waals surface area contributed by atoms with E-state index in [1.807, 2.05) is 12.1 Å². The van der Waals surface area contributed by atoms with E-state index in [2.05, 4.69) is 42.9 Å². The van der Waals surface area contributed by atoms with E-state index in [-0.39, 0.29) is 11.4 Å². The first-order valence-electron chi connectivity index (χ1n) is 6.38. The number of hydrogen-bond donors (Lipinski definition) is 1. The van der Waals surface area contributed by atoms with E-state index in [1.165, 1.54) is 5.56 Å². The molecule has 2 aromatic rings. The molecule has 0 bridgehead atoms. The second kappa shape index (κ2) is 5.26. The van der Waals surface area contributed by atoms with Crippen LogP contribution in [-0.2, 0) is 5.41 Å². The fraction of sp³-hybridized carbons (Fsp3) is 0.333. The molecule has 4 heteroatoms. The zero-order valence-electron chi connectivity index (χ0n) is 11.6. The first-order chi connectivity index (χ1) is 9.01. The van der Waals surface area contributed by atoms with E-state index >= 15 is 0 Å². The highest BCUT2D eigenvalue weighted by atomic mass is 16.5. The molecule has 0 atom stereocenters. The third-order valence-electron chi connectivity index (χ3n) is 3.38. The van der Waals surface area contributed by atoms with Crippen LogP contribution in [0, 0.1) is 0 Å². The molecule has 0 aliphatic carbocycles. The number of anilines is 1. The summed E-state index contributed by atoms with van der Waals surface area (Å²) in [4.78, 5) is 8.01. The first kappa shape index (κ1) is 13.3. The molecule has 4 nitrogen and oxygen atoms in total. The lowest BCUT2D eigenvalue weighted by Gasteiger charge is -2.23. The predicted molar refractivity (Wildman–Crippen MR) is 76.3 cm³/mol. The Morgan fingerprint density at radius 1 is 1.16 bits per heavy atom. The van der Waals surface area contributed by atoms with Crippen molar-refractivity contribution < 1.29 is 4.74 Å². The number of aromatic nitrogens is 2. The molecule has 2 rings (SSSR count). The van der Waals surface area contributed by atoms with E-state index < -0.39 is 0 Å². The second-order valence-corrected chi connectivity index (χ2v) is 5.13. The minimum absolute atomic E-state index is 0.173. The zero-order chi connectivity index (χ0) is 13.9. The van der Waals surface area contributed by atoms with Crippen LogP contribution in [0.15, 0.2) is 36.5 Å². The highest BCUT2D eigenvalue weighted by Gasteiger charge is 2.17. The van der Waals surface area contributed by atoms with Crippen molar-refractivity contribution >= 4 is 5.82 Å². The van der Waals surface area contributed by atoms with Gasteiger partial charge in [-0.05, 0) is 35.6 Å². The summed E-state index contributed by atoms with van der Waals surface area (Å²) in [6.45, 7) is 6.64. The fourth-order valence-corrected chi connectivity index (χ4v) is 1.69. The Kier molecular flexibility index (Phi) is 3.69. The van der Waals surface area contributed by atoms with E-state index in [4.69, 9.17) is 10.5 Å². The molecule has 0 fully saturated rings. The van der Waals surface area contributed by atoms with Gasteiger partial charge < -0.3 is 10.5 Å². The molecule has 0 aliphatic heterocycles. The Hall–Kier alpha value is -2.10. The normalized spacial score (nSPS) is 11.3. The first-order valence-corrected chi connectivity index (χ1v) is 6.38. The van der Waals surface area contributed by atoms with Crippen molar-refractivity contribution in [2.45, 2.75) is 32.6 Å². The summed E-state index contributed by atoms with van der Waals surface area (Å²) >= 11 is 0. The summed E-state index contributed by atoms with van der Waals surface area (Å²) in [5.74, 6) is 1.11. The number of nitrogens with two attached hydrogens (primary N) is 1. The number of ether oxygens (including phenoxy) is 1. The topological polar surface area (TPSA) is 61.0 Å². The molecule has 0 spiro atoms. The predicted octanol–water partition coefficient (Wildman–Crippen LogP) is 3.54. The van der Waals surface area contributed by atoms with Gasteiger partial charge in [0.25, 0.3) is 0 Å². The van der Waals surface area contributed by atoms with Crippen LogP contribution in [0.25, 0.3) is 0 Å². The average Bonchev–Trinajstić information content (AvgIpc) is 2.39. The van der Waals surface area contributed by atoms with Gasteiger partial charge in [-0.2, -0.15) is 4.98 Å². The molecule has 0 radical (unpaired) electrons. The number of benzene rings is 1. The van der Waals surface area contributed by atoms with Crippen LogP contribution in [-0.4, -0.2) is 9.97 Å². The summed E-state index contributed by atoms with van der Waals surface area (Å²) in [6.07, 6.45) is 2.66. The van der Waals surface area contributed by atoms with E-state index in [9.17, 15) is 0 Å². The van der Waals surface area contributed by atoms with Gasteiger partial charge in [0.05, 0.1) is 0 Å². The van der Waals surface area contributed by atoms with E-state index in [0.29, 0.717) is 11.6 Å². The van der Waals surface area contributed by atoms with Crippen molar-refractivity contribution in [3.8, 4) is 11.8 Å². The highest BCUT2D eigenvalue weighted by molar-refractivity contribution is 5.34. The molecule has 100 valence electrons. The van der Waals surface area contributed by atoms with Gasteiger partial charge >= 0.3 is 6.01 Å². The quantitative estimate of drug-likeness (QED) is 0.910. The Morgan fingerprint density at radius 3 is 2.42 bits per heavy atom. The molecule has 1 aromatic carbocycles. The molecule has 2 N–H and O–H groups in total. The van der Waals surface area contributed by atoms with E-state index in [1.54, 1.807) is 12.3 Å². The largest absolute Gasteiger partial charge is 0.424 e. The van der Waals surface area contributed by atoms with Gasteiger partial charge in [0.1, 0.15) is 11.6 Å². The van der Waals surface area contributed by atoms with Gasteiger partial charge in [0.15, 0.2) is 0 Å². The van der Waals surface area contributed by atoms with Gasteiger partial charge in [-0.25, -0.2) is 4.98 Å². The summed E-state index contributed by atoms with van der Waals surface area (Å²) in [7, 11) is 0. The van der Waals surface area contributed by atoms with Crippen LogP contribution in [0.4, 0.5) is 5.82 Å². The van der Waals surface area contributed by atoms with Gasteiger partial charge in [-0.15, -0.1) is 0 Å². The molecule has 1 heterocycles. The molecular formula is C15H19N3O. The van der Waals surface area contributed by atoms with Crippen LogP contribution in [0.3, 0.4) is 0 Å². The summed E-state index contributed by atoms with van der Waals surface area (Å²) in [6, 6.07) is 9.90. The Balaban J connectivity index is 2.15. The highest BCUT2D eigenvalue weighted by Crippen LogP contribution is 2.28. The van der Waals surface area contributed by atoms with Crippen molar-refractivity contribution in [1.29, 1.82) is 0 Å². The maximum Gasteiger partial charge on any atom is 0.323 e.